The summed E-state index contributed by atoms with van der Waals surface area (Å²) in [7, 11) is 1.47. The van der Waals surface area contributed by atoms with Crippen LogP contribution in [0.4, 0.5) is 0 Å². The summed E-state index contributed by atoms with van der Waals surface area (Å²) in [5, 5.41) is 1.05. The van der Waals surface area contributed by atoms with Gasteiger partial charge in [0, 0.05) is 17.4 Å². The lowest BCUT2D eigenvalue weighted by Gasteiger charge is -2.03. The summed E-state index contributed by atoms with van der Waals surface area (Å²) in [5.74, 6) is 1.38. The summed E-state index contributed by atoms with van der Waals surface area (Å²) in [5.41, 5.74) is 0. The molecule has 1 unspecified atom stereocenters. The first-order valence-corrected chi connectivity index (χ1v) is 11.6. The van der Waals surface area contributed by atoms with Crippen molar-refractivity contribution in [3.8, 4) is 0 Å². The number of unbranched alkanes of at least 4 members (excludes halogenated alkanes) is 14. The lowest BCUT2D eigenvalue weighted by molar-refractivity contribution is -0.140. The van der Waals surface area contributed by atoms with Crippen molar-refractivity contribution in [3.05, 3.63) is 0 Å². The van der Waals surface area contributed by atoms with Gasteiger partial charge in [-0.1, -0.05) is 89.9 Å². The molecular formula is C21H40O2S. The largest absolute Gasteiger partial charge is 0.469 e. The van der Waals surface area contributed by atoms with Crippen molar-refractivity contribution < 1.29 is 9.53 Å². The highest BCUT2D eigenvalue weighted by atomic mass is 32.2. The zero-order valence-electron chi connectivity index (χ0n) is 16.0. The van der Waals surface area contributed by atoms with Gasteiger partial charge in [-0.05, 0) is 12.8 Å². The number of hydrogen-bond acceptors (Lipinski definition) is 3. The molecule has 0 aromatic heterocycles. The van der Waals surface area contributed by atoms with E-state index in [0.717, 1.165) is 11.7 Å². The zero-order chi connectivity index (χ0) is 17.3. The quantitative estimate of drug-likeness (QED) is 0.152. The van der Waals surface area contributed by atoms with Crippen LogP contribution in [0.2, 0.25) is 0 Å². The summed E-state index contributed by atoms with van der Waals surface area (Å²) in [4.78, 5) is 11.0. The topological polar surface area (TPSA) is 26.3 Å². The van der Waals surface area contributed by atoms with Crippen LogP contribution in [0.3, 0.4) is 0 Å². The molecule has 24 heavy (non-hydrogen) atoms. The lowest BCUT2D eigenvalue weighted by atomic mass is 10.0. The molecule has 0 spiro atoms. The number of thioether (sulfide) groups is 1. The molecule has 1 rings (SSSR count). The lowest BCUT2D eigenvalue weighted by Crippen LogP contribution is -1.99. The van der Waals surface area contributed by atoms with E-state index in [1.54, 1.807) is 0 Å². The van der Waals surface area contributed by atoms with Gasteiger partial charge in [-0.2, -0.15) is 11.8 Å². The van der Waals surface area contributed by atoms with Gasteiger partial charge in [-0.3, -0.25) is 4.79 Å². The van der Waals surface area contributed by atoms with Crippen LogP contribution in [0.1, 0.15) is 109 Å². The molecule has 1 aliphatic rings. The van der Waals surface area contributed by atoms with E-state index in [4.69, 9.17) is 0 Å². The van der Waals surface area contributed by atoms with E-state index in [9.17, 15) is 4.79 Å². The molecule has 0 saturated carbocycles. The Labute approximate surface area is 154 Å². The molecule has 0 N–H and O–H groups in total. The Bertz CT molecular complexity index is 290. The van der Waals surface area contributed by atoms with Crippen LogP contribution in [0, 0.1) is 0 Å². The highest BCUT2D eigenvalue weighted by molar-refractivity contribution is 8.06. The zero-order valence-corrected chi connectivity index (χ0v) is 16.8. The van der Waals surface area contributed by atoms with Gasteiger partial charge in [-0.15, -0.1) is 0 Å². The van der Waals surface area contributed by atoms with E-state index in [1.165, 1.54) is 109 Å². The fourth-order valence-electron chi connectivity index (χ4n) is 3.28. The van der Waals surface area contributed by atoms with Gasteiger partial charge < -0.3 is 4.74 Å². The van der Waals surface area contributed by atoms with Crippen molar-refractivity contribution in [1.82, 2.24) is 0 Å². The highest BCUT2D eigenvalue weighted by Gasteiger charge is 2.20. The number of methoxy groups -OCH3 is 1. The third-order valence-electron chi connectivity index (χ3n) is 5.04. The van der Waals surface area contributed by atoms with E-state index in [-0.39, 0.29) is 5.97 Å². The van der Waals surface area contributed by atoms with Gasteiger partial charge in [0.1, 0.15) is 0 Å². The average Bonchev–Trinajstić information content (AvgIpc) is 3.41. The van der Waals surface area contributed by atoms with Crippen LogP contribution in [0.5, 0.6) is 0 Å². The van der Waals surface area contributed by atoms with Gasteiger partial charge in [-0.25, -0.2) is 0 Å². The molecule has 3 heteroatoms. The van der Waals surface area contributed by atoms with E-state index >= 15 is 0 Å². The molecule has 0 aromatic rings. The maximum Gasteiger partial charge on any atom is 0.305 e. The minimum atomic E-state index is -0.0626. The molecule has 1 fully saturated rings. The van der Waals surface area contributed by atoms with Gasteiger partial charge >= 0.3 is 5.97 Å². The SMILES string of the molecule is COC(=O)CCCCCCCCCCCCCCCCCC1CS1. The van der Waals surface area contributed by atoms with Crippen LogP contribution in [0.25, 0.3) is 0 Å². The first kappa shape index (κ1) is 21.9. The molecule has 0 aliphatic carbocycles. The third kappa shape index (κ3) is 15.4. The van der Waals surface area contributed by atoms with Gasteiger partial charge in [0.15, 0.2) is 0 Å². The first-order chi connectivity index (χ1) is 11.8. The van der Waals surface area contributed by atoms with Crippen molar-refractivity contribution in [2.75, 3.05) is 12.9 Å². The van der Waals surface area contributed by atoms with Crippen molar-refractivity contribution >= 4 is 17.7 Å². The molecule has 0 amide bonds. The van der Waals surface area contributed by atoms with Crippen LogP contribution < -0.4 is 0 Å². The molecule has 0 radical (unpaired) electrons. The molecule has 0 bridgehead atoms. The Morgan fingerprint density at radius 2 is 1.12 bits per heavy atom. The van der Waals surface area contributed by atoms with Crippen molar-refractivity contribution in [2.45, 2.75) is 114 Å². The van der Waals surface area contributed by atoms with E-state index in [0.29, 0.717) is 6.42 Å². The third-order valence-corrected chi connectivity index (χ3v) is 6.08. The van der Waals surface area contributed by atoms with Gasteiger partial charge in [0.05, 0.1) is 7.11 Å². The Hall–Kier alpha value is -0.180. The summed E-state index contributed by atoms with van der Waals surface area (Å²) in [6, 6.07) is 0. The molecule has 1 aliphatic heterocycles. The van der Waals surface area contributed by atoms with Gasteiger partial charge in [0.25, 0.3) is 0 Å². The predicted molar refractivity (Wildman–Crippen MR) is 107 cm³/mol. The minimum Gasteiger partial charge on any atom is -0.469 e. The first-order valence-electron chi connectivity index (χ1n) is 10.5. The number of esters is 1. The van der Waals surface area contributed by atoms with Gasteiger partial charge in [0.2, 0.25) is 0 Å². The summed E-state index contributed by atoms with van der Waals surface area (Å²) in [6.45, 7) is 0. The molecule has 1 atom stereocenters. The Kier molecular flexibility index (Phi) is 14.8. The van der Waals surface area contributed by atoms with Crippen LogP contribution in [0.15, 0.2) is 0 Å². The number of carbonyl (C=O) groups excluding carboxylic acids is 1. The summed E-state index contributed by atoms with van der Waals surface area (Å²) < 4.78 is 4.65. The van der Waals surface area contributed by atoms with Crippen LogP contribution >= 0.6 is 11.8 Å². The number of hydrogen-bond donors (Lipinski definition) is 0. The molecular weight excluding hydrogens is 316 g/mol. The van der Waals surface area contributed by atoms with Crippen molar-refractivity contribution in [3.63, 3.8) is 0 Å². The Morgan fingerprint density at radius 1 is 0.750 bits per heavy atom. The predicted octanol–water partition coefficient (Wildman–Crippen LogP) is 6.91. The maximum atomic E-state index is 11.0. The standard InChI is InChI=1S/C21H40O2S/c1-23-21(22)18-16-14-12-10-8-6-4-2-3-5-7-9-11-13-15-17-20-19-24-20/h20H,2-19H2,1H3. The van der Waals surface area contributed by atoms with Crippen molar-refractivity contribution in [1.29, 1.82) is 0 Å². The maximum absolute atomic E-state index is 11.0. The second-order valence-electron chi connectivity index (χ2n) is 7.37. The number of rotatable bonds is 18. The van der Waals surface area contributed by atoms with Crippen LogP contribution in [-0.4, -0.2) is 24.1 Å². The summed E-state index contributed by atoms with van der Waals surface area (Å²) >= 11 is 2.14. The number of ether oxygens (including phenoxy) is 1. The minimum absolute atomic E-state index is 0.0626. The second-order valence-corrected chi connectivity index (χ2v) is 8.71. The highest BCUT2D eigenvalue weighted by Crippen LogP contribution is 2.34. The molecule has 2 nitrogen and oxygen atoms in total. The second kappa shape index (κ2) is 16.3. The summed E-state index contributed by atoms with van der Waals surface area (Å²) in [6.07, 6.45) is 22.7. The Morgan fingerprint density at radius 3 is 1.50 bits per heavy atom. The average molecular weight is 357 g/mol. The molecule has 142 valence electrons. The smallest absolute Gasteiger partial charge is 0.305 e. The normalized spacial score (nSPS) is 16.3. The number of carbonyl (C=O) groups is 1. The van der Waals surface area contributed by atoms with Crippen LogP contribution in [-0.2, 0) is 9.53 Å². The monoisotopic (exact) mass is 356 g/mol. The molecule has 1 saturated heterocycles. The molecule has 1 heterocycles. The van der Waals surface area contributed by atoms with E-state index in [2.05, 4.69) is 16.5 Å². The van der Waals surface area contributed by atoms with E-state index in [1.807, 2.05) is 0 Å². The fourth-order valence-corrected chi connectivity index (χ4v) is 3.91. The Balaban J connectivity index is 1.62. The van der Waals surface area contributed by atoms with Crippen molar-refractivity contribution in [2.24, 2.45) is 0 Å². The fraction of sp³-hybridized carbons (Fsp3) is 0.952. The molecule has 0 aromatic carbocycles. The van der Waals surface area contributed by atoms with E-state index < -0.39 is 0 Å².